The Bertz CT molecular complexity index is 592. The van der Waals surface area contributed by atoms with E-state index in [1.165, 1.54) is 5.56 Å². The third kappa shape index (κ3) is 3.10. The molecular weight excluding hydrogens is 316 g/mol. The molecule has 1 unspecified atom stereocenters. The quantitative estimate of drug-likeness (QED) is 0.904. The van der Waals surface area contributed by atoms with Gasteiger partial charge in [-0.3, -0.25) is 0 Å². The fourth-order valence-electron chi connectivity index (χ4n) is 2.14. The summed E-state index contributed by atoms with van der Waals surface area (Å²) in [5, 5.41) is 8.02. The summed E-state index contributed by atoms with van der Waals surface area (Å²) < 4.78 is 2.93. The molecule has 2 aromatic rings. The van der Waals surface area contributed by atoms with Gasteiger partial charge in [-0.05, 0) is 67.4 Å². The Balaban J connectivity index is 2.32. The minimum atomic E-state index is 0.317. The Morgan fingerprint density at radius 3 is 2.75 bits per heavy atom. The molecule has 0 radical (unpaired) electrons. The number of halogens is 1. The highest BCUT2D eigenvalue weighted by Gasteiger charge is 2.12. The van der Waals surface area contributed by atoms with Crippen LogP contribution in [0.5, 0.6) is 0 Å². The monoisotopic (exact) mass is 336 g/mol. The maximum absolute atomic E-state index is 4.53. The molecule has 0 aliphatic carbocycles. The van der Waals surface area contributed by atoms with Crippen LogP contribution in [0.1, 0.15) is 43.3 Å². The van der Waals surface area contributed by atoms with Crippen molar-refractivity contribution in [3.8, 4) is 5.82 Å². The van der Waals surface area contributed by atoms with Crippen molar-refractivity contribution >= 4 is 15.9 Å². The van der Waals surface area contributed by atoms with Gasteiger partial charge in [0.15, 0.2) is 5.82 Å². The van der Waals surface area contributed by atoms with Gasteiger partial charge < -0.3 is 5.32 Å². The molecule has 0 fully saturated rings. The van der Waals surface area contributed by atoms with Crippen molar-refractivity contribution in [1.29, 1.82) is 0 Å². The minimum Gasteiger partial charge on any atom is -0.310 e. The molecule has 2 rings (SSSR count). The van der Waals surface area contributed by atoms with E-state index in [0.29, 0.717) is 6.04 Å². The van der Waals surface area contributed by atoms with E-state index in [-0.39, 0.29) is 0 Å². The lowest BCUT2D eigenvalue weighted by atomic mass is 10.1. The highest BCUT2D eigenvalue weighted by molar-refractivity contribution is 9.10. The van der Waals surface area contributed by atoms with Crippen LogP contribution in [0.3, 0.4) is 0 Å². The summed E-state index contributed by atoms with van der Waals surface area (Å²) in [6, 6.07) is 4.47. The maximum atomic E-state index is 4.53. The van der Waals surface area contributed by atoms with Crippen molar-refractivity contribution in [2.45, 2.75) is 40.2 Å². The first kappa shape index (κ1) is 15.2. The summed E-state index contributed by atoms with van der Waals surface area (Å²) in [6.45, 7) is 9.39. The highest BCUT2D eigenvalue weighted by Crippen LogP contribution is 2.23. The van der Waals surface area contributed by atoms with Crippen LogP contribution in [0, 0.1) is 13.8 Å². The van der Waals surface area contributed by atoms with Gasteiger partial charge in [0.05, 0.1) is 15.9 Å². The lowest BCUT2D eigenvalue weighted by Gasteiger charge is -2.14. The van der Waals surface area contributed by atoms with Crippen LogP contribution in [-0.2, 0) is 0 Å². The normalized spacial score (nSPS) is 12.7. The number of hydrogen-bond acceptors (Lipinski definition) is 3. The molecule has 0 aromatic carbocycles. The zero-order chi connectivity index (χ0) is 14.7. The molecule has 20 heavy (non-hydrogen) atoms. The Labute approximate surface area is 128 Å². The van der Waals surface area contributed by atoms with Crippen molar-refractivity contribution in [2.75, 3.05) is 6.54 Å². The van der Waals surface area contributed by atoms with E-state index in [4.69, 9.17) is 0 Å². The molecule has 0 saturated carbocycles. The number of hydrogen-bond donors (Lipinski definition) is 1. The van der Waals surface area contributed by atoms with Gasteiger partial charge in [0.2, 0.25) is 0 Å². The van der Waals surface area contributed by atoms with E-state index in [0.717, 1.165) is 34.6 Å². The summed E-state index contributed by atoms with van der Waals surface area (Å²) in [5.74, 6) is 0.860. The molecule has 0 amide bonds. The largest absolute Gasteiger partial charge is 0.310 e. The Hall–Kier alpha value is -1.20. The molecule has 1 atom stereocenters. The summed E-state index contributed by atoms with van der Waals surface area (Å²) in [6.07, 6.45) is 2.98. The summed E-state index contributed by atoms with van der Waals surface area (Å²) in [5.41, 5.74) is 3.28. The number of rotatable bonds is 5. The van der Waals surface area contributed by atoms with Gasteiger partial charge in [-0.1, -0.05) is 6.92 Å². The second kappa shape index (κ2) is 6.50. The molecule has 4 nitrogen and oxygen atoms in total. The minimum absolute atomic E-state index is 0.317. The Morgan fingerprint density at radius 1 is 1.40 bits per heavy atom. The van der Waals surface area contributed by atoms with Crippen molar-refractivity contribution in [3.63, 3.8) is 0 Å². The van der Waals surface area contributed by atoms with Crippen LogP contribution in [0.25, 0.3) is 5.82 Å². The smallest absolute Gasteiger partial charge is 0.153 e. The second-order valence-corrected chi connectivity index (χ2v) is 5.81. The first-order valence-electron chi connectivity index (χ1n) is 6.96. The standard InChI is InChI=1S/C15H21BrN4/c1-5-7-17-10(2)13-6-8-18-14(9-13)20-12(4)15(16)11(3)19-20/h6,8-10,17H,5,7H2,1-4H3. The zero-order valence-electron chi connectivity index (χ0n) is 12.4. The van der Waals surface area contributed by atoms with Gasteiger partial charge in [-0.25, -0.2) is 9.67 Å². The average molecular weight is 337 g/mol. The first-order chi connectivity index (χ1) is 9.54. The average Bonchev–Trinajstić information content (AvgIpc) is 2.72. The molecule has 2 heterocycles. The zero-order valence-corrected chi connectivity index (χ0v) is 14.0. The third-order valence-electron chi connectivity index (χ3n) is 3.39. The van der Waals surface area contributed by atoms with Crippen molar-refractivity contribution in [2.24, 2.45) is 0 Å². The fraction of sp³-hybridized carbons (Fsp3) is 0.467. The van der Waals surface area contributed by atoms with Gasteiger partial charge in [-0.2, -0.15) is 5.10 Å². The number of aryl methyl sites for hydroxylation is 1. The number of nitrogens with one attached hydrogen (secondary N) is 1. The van der Waals surface area contributed by atoms with E-state index in [1.807, 2.05) is 24.7 Å². The van der Waals surface area contributed by atoms with Crippen LogP contribution in [-0.4, -0.2) is 21.3 Å². The summed E-state index contributed by atoms with van der Waals surface area (Å²) >= 11 is 3.56. The number of nitrogens with zero attached hydrogens (tertiary/aromatic N) is 3. The van der Waals surface area contributed by atoms with Gasteiger partial charge in [-0.15, -0.1) is 0 Å². The predicted octanol–water partition coefficient (Wildman–Crippen LogP) is 3.71. The second-order valence-electron chi connectivity index (χ2n) is 5.02. The van der Waals surface area contributed by atoms with E-state index in [2.05, 4.69) is 57.3 Å². The molecule has 5 heteroatoms. The van der Waals surface area contributed by atoms with Crippen molar-refractivity contribution in [3.05, 3.63) is 39.8 Å². The summed E-state index contributed by atoms with van der Waals surface area (Å²) in [7, 11) is 0. The van der Waals surface area contributed by atoms with Gasteiger partial charge >= 0.3 is 0 Å². The highest BCUT2D eigenvalue weighted by atomic mass is 79.9. The van der Waals surface area contributed by atoms with Crippen LogP contribution < -0.4 is 5.32 Å². The predicted molar refractivity (Wildman–Crippen MR) is 85.2 cm³/mol. The lowest BCUT2D eigenvalue weighted by molar-refractivity contribution is 0.569. The maximum Gasteiger partial charge on any atom is 0.153 e. The van der Waals surface area contributed by atoms with Gasteiger partial charge in [0.1, 0.15) is 0 Å². The van der Waals surface area contributed by atoms with Crippen LogP contribution in [0.15, 0.2) is 22.8 Å². The molecule has 0 saturated heterocycles. The molecule has 2 aromatic heterocycles. The Kier molecular flexibility index (Phi) is 4.94. The molecule has 0 aliphatic rings. The molecule has 1 N–H and O–H groups in total. The SMILES string of the molecule is CCCNC(C)c1ccnc(-n2nc(C)c(Br)c2C)c1. The summed E-state index contributed by atoms with van der Waals surface area (Å²) in [4.78, 5) is 4.44. The Morgan fingerprint density at radius 2 is 2.15 bits per heavy atom. The van der Waals surface area contributed by atoms with Crippen LogP contribution in [0.4, 0.5) is 0 Å². The topological polar surface area (TPSA) is 42.7 Å². The van der Waals surface area contributed by atoms with Gasteiger partial charge in [0, 0.05) is 12.2 Å². The van der Waals surface area contributed by atoms with E-state index in [1.54, 1.807) is 0 Å². The molecule has 108 valence electrons. The number of pyridine rings is 1. The molecule has 0 bridgehead atoms. The van der Waals surface area contributed by atoms with Crippen LogP contribution in [0.2, 0.25) is 0 Å². The van der Waals surface area contributed by atoms with Gasteiger partial charge in [0.25, 0.3) is 0 Å². The number of aromatic nitrogens is 3. The first-order valence-corrected chi connectivity index (χ1v) is 7.75. The lowest BCUT2D eigenvalue weighted by Crippen LogP contribution is -2.19. The molecule has 0 spiro atoms. The van der Waals surface area contributed by atoms with E-state index >= 15 is 0 Å². The van der Waals surface area contributed by atoms with E-state index in [9.17, 15) is 0 Å². The fourth-order valence-corrected chi connectivity index (χ4v) is 2.39. The molecule has 0 aliphatic heterocycles. The van der Waals surface area contributed by atoms with Crippen molar-refractivity contribution in [1.82, 2.24) is 20.1 Å². The van der Waals surface area contributed by atoms with Crippen LogP contribution >= 0.6 is 15.9 Å². The third-order valence-corrected chi connectivity index (χ3v) is 4.54. The molecular formula is C15H21BrN4. The van der Waals surface area contributed by atoms with E-state index < -0.39 is 0 Å². The van der Waals surface area contributed by atoms with Crippen molar-refractivity contribution < 1.29 is 0 Å².